The molecule has 0 aliphatic rings. The number of carbonyl (C=O) groups excluding carboxylic acids is 2. The van der Waals surface area contributed by atoms with E-state index in [1.54, 1.807) is 17.9 Å². The fraction of sp³-hybridized carbons (Fsp3) is 0.273. The van der Waals surface area contributed by atoms with Crippen molar-refractivity contribution in [3.05, 3.63) is 72.8 Å². The van der Waals surface area contributed by atoms with Crippen molar-refractivity contribution in [2.75, 3.05) is 26.8 Å². The van der Waals surface area contributed by atoms with E-state index < -0.39 is 6.04 Å². The van der Waals surface area contributed by atoms with Gasteiger partial charge in [-0.25, -0.2) is 4.68 Å². The Hall–Kier alpha value is -3.52. The van der Waals surface area contributed by atoms with Crippen LogP contribution in [0.5, 0.6) is 0 Å². The summed E-state index contributed by atoms with van der Waals surface area (Å²) >= 11 is 0. The van der Waals surface area contributed by atoms with Gasteiger partial charge in [-0.1, -0.05) is 53.8 Å². The standard InChI is InChI=1S/C22H25N5O3/c1-3-14-26(20(28)16-27-19-12-8-7-11-18(19)24-25-27)21(17-9-5-4-6-10-17)22(29)23-13-15-30-2/h3-12,21H,1,13-16H2,2H3,(H,23,29)/t21-/m0/s1. The van der Waals surface area contributed by atoms with Gasteiger partial charge in [0.25, 0.3) is 0 Å². The van der Waals surface area contributed by atoms with Crippen molar-refractivity contribution in [1.29, 1.82) is 0 Å². The number of hydrogen-bond donors (Lipinski definition) is 1. The predicted molar refractivity (Wildman–Crippen MR) is 114 cm³/mol. The van der Waals surface area contributed by atoms with Gasteiger partial charge in [-0.3, -0.25) is 9.59 Å². The fourth-order valence-corrected chi connectivity index (χ4v) is 3.22. The van der Waals surface area contributed by atoms with Crippen molar-refractivity contribution in [2.24, 2.45) is 0 Å². The maximum Gasteiger partial charge on any atom is 0.247 e. The predicted octanol–water partition coefficient (Wildman–Crippen LogP) is 1.95. The van der Waals surface area contributed by atoms with Crippen molar-refractivity contribution in [3.8, 4) is 0 Å². The molecule has 1 aromatic heterocycles. The molecule has 0 bridgehead atoms. The van der Waals surface area contributed by atoms with Gasteiger partial charge in [0.1, 0.15) is 18.1 Å². The molecule has 0 fully saturated rings. The molecule has 0 aliphatic carbocycles. The molecule has 1 heterocycles. The van der Waals surface area contributed by atoms with Gasteiger partial charge in [0.15, 0.2) is 0 Å². The van der Waals surface area contributed by atoms with Crippen LogP contribution in [0, 0.1) is 0 Å². The summed E-state index contributed by atoms with van der Waals surface area (Å²) in [7, 11) is 1.57. The first-order valence-corrected chi connectivity index (χ1v) is 9.66. The summed E-state index contributed by atoms with van der Waals surface area (Å²) in [5, 5.41) is 11.0. The highest BCUT2D eigenvalue weighted by atomic mass is 16.5. The van der Waals surface area contributed by atoms with Gasteiger partial charge in [0, 0.05) is 20.2 Å². The normalized spacial score (nSPS) is 11.8. The molecule has 3 aromatic rings. The van der Waals surface area contributed by atoms with Gasteiger partial charge in [-0.05, 0) is 17.7 Å². The second-order valence-corrected chi connectivity index (χ2v) is 6.67. The quantitative estimate of drug-likeness (QED) is 0.410. The second kappa shape index (κ2) is 10.3. The number of amides is 2. The van der Waals surface area contributed by atoms with Crippen molar-refractivity contribution < 1.29 is 14.3 Å². The number of benzene rings is 2. The van der Waals surface area contributed by atoms with E-state index in [1.807, 2.05) is 54.6 Å². The van der Waals surface area contributed by atoms with Crippen LogP contribution in [-0.2, 0) is 20.9 Å². The summed E-state index contributed by atoms with van der Waals surface area (Å²) in [5.74, 6) is -0.543. The van der Waals surface area contributed by atoms with E-state index in [1.165, 1.54) is 4.90 Å². The molecule has 8 heteroatoms. The van der Waals surface area contributed by atoms with Crippen LogP contribution < -0.4 is 5.32 Å². The highest BCUT2D eigenvalue weighted by molar-refractivity contribution is 5.89. The Morgan fingerprint density at radius 1 is 1.20 bits per heavy atom. The van der Waals surface area contributed by atoms with Crippen molar-refractivity contribution in [2.45, 2.75) is 12.6 Å². The highest BCUT2D eigenvalue weighted by Crippen LogP contribution is 2.22. The highest BCUT2D eigenvalue weighted by Gasteiger charge is 2.31. The summed E-state index contributed by atoms with van der Waals surface area (Å²) in [6.07, 6.45) is 1.61. The molecule has 2 amide bonds. The number of aromatic nitrogens is 3. The monoisotopic (exact) mass is 407 g/mol. The number of fused-ring (bicyclic) bond motifs is 1. The van der Waals surface area contributed by atoms with E-state index in [0.717, 1.165) is 5.52 Å². The molecule has 1 atom stereocenters. The zero-order chi connectivity index (χ0) is 21.3. The van der Waals surface area contributed by atoms with Gasteiger partial charge in [0.2, 0.25) is 11.8 Å². The molecule has 0 spiro atoms. The van der Waals surface area contributed by atoms with E-state index in [0.29, 0.717) is 24.2 Å². The fourth-order valence-electron chi connectivity index (χ4n) is 3.22. The second-order valence-electron chi connectivity index (χ2n) is 6.67. The average Bonchev–Trinajstić information content (AvgIpc) is 3.17. The molecule has 0 saturated carbocycles. The Bertz CT molecular complexity index is 1000. The first kappa shape index (κ1) is 21.2. The number of para-hydroxylation sites is 1. The molecule has 1 N–H and O–H groups in total. The van der Waals surface area contributed by atoms with E-state index in [-0.39, 0.29) is 24.9 Å². The van der Waals surface area contributed by atoms with E-state index in [4.69, 9.17) is 4.74 Å². The summed E-state index contributed by atoms with van der Waals surface area (Å²) in [6.45, 7) is 4.66. The number of carbonyl (C=O) groups is 2. The Morgan fingerprint density at radius 2 is 1.93 bits per heavy atom. The minimum absolute atomic E-state index is 0.0387. The molecular weight excluding hydrogens is 382 g/mol. The van der Waals surface area contributed by atoms with Crippen LogP contribution in [0.3, 0.4) is 0 Å². The minimum Gasteiger partial charge on any atom is -0.383 e. The number of nitrogens with zero attached hydrogens (tertiary/aromatic N) is 4. The molecule has 0 saturated heterocycles. The lowest BCUT2D eigenvalue weighted by molar-refractivity contribution is -0.140. The third-order valence-electron chi connectivity index (χ3n) is 4.63. The lowest BCUT2D eigenvalue weighted by Crippen LogP contribution is -2.45. The number of nitrogens with one attached hydrogen (secondary N) is 1. The van der Waals surface area contributed by atoms with Gasteiger partial charge in [-0.15, -0.1) is 11.7 Å². The van der Waals surface area contributed by atoms with Crippen molar-refractivity contribution in [1.82, 2.24) is 25.2 Å². The van der Waals surface area contributed by atoms with Crippen molar-refractivity contribution >= 4 is 22.8 Å². The van der Waals surface area contributed by atoms with Gasteiger partial charge in [-0.2, -0.15) is 0 Å². The van der Waals surface area contributed by atoms with Crippen molar-refractivity contribution in [3.63, 3.8) is 0 Å². The number of ether oxygens (including phenoxy) is 1. The zero-order valence-corrected chi connectivity index (χ0v) is 16.9. The summed E-state index contributed by atoms with van der Waals surface area (Å²) in [5.41, 5.74) is 2.17. The van der Waals surface area contributed by atoms with E-state index in [9.17, 15) is 9.59 Å². The lowest BCUT2D eigenvalue weighted by Gasteiger charge is -2.30. The van der Waals surface area contributed by atoms with Crippen LogP contribution in [0.15, 0.2) is 67.3 Å². The smallest absolute Gasteiger partial charge is 0.247 e. The number of methoxy groups -OCH3 is 1. The summed E-state index contributed by atoms with van der Waals surface area (Å²) < 4.78 is 6.55. The molecule has 0 radical (unpaired) electrons. The maximum absolute atomic E-state index is 13.3. The van der Waals surface area contributed by atoms with Crippen LogP contribution in [0.1, 0.15) is 11.6 Å². The minimum atomic E-state index is -0.802. The largest absolute Gasteiger partial charge is 0.383 e. The number of rotatable bonds is 10. The Balaban J connectivity index is 1.89. The molecule has 30 heavy (non-hydrogen) atoms. The Labute approximate surface area is 175 Å². The van der Waals surface area contributed by atoms with Crippen LogP contribution in [-0.4, -0.2) is 58.5 Å². The van der Waals surface area contributed by atoms with Crippen LogP contribution in [0.25, 0.3) is 11.0 Å². The zero-order valence-electron chi connectivity index (χ0n) is 16.9. The average molecular weight is 407 g/mol. The van der Waals surface area contributed by atoms with E-state index >= 15 is 0 Å². The van der Waals surface area contributed by atoms with Gasteiger partial charge >= 0.3 is 0 Å². The summed E-state index contributed by atoms with van der Waals surface area (Å²) in [4.78, 5) is 27.8. The molecule has 8 nitrogen and oxygen atoms in total. The van der Waals surface area contributed by atoms with Gasteiger partial charge in [0.05, 0.1) is 12.1 Å². The molecule has 156 valence electrons. The maximum atomic E-state index is 13.3. The first-order chi connectivity index (χ1) is 14.7. The van der Waals surface area contributed by atoms with E-state index in [2.05, 4.69) is 22.2 Å². The molecule has 2 aromatic carbocycles. The molecule has 0 aliphatic heterocycles. The van der Waals surface area contributed by atoms with Crippen LogP contribution in [0.4, 0.5) is 0 Å². The van der Waals surface area contributed by atoms with Crippen LogP contribution >= 0.6 is 0 Å². The molecular formula is C22H25N5O3. The summed E-state index contributed by atoms with van der Waals surface area (Å²) in [6, 6.07) is 15.8. The SMILES string of the molecule is C=CCN(C(=O)Cn1nnc2ccccc21)[C@H](C(=O)NCCOC)c1ccccc1. The molecule has 0 unspecified atom stereocenters. The topological polar surface area (TPSA) is 89.4 Å². The van der Waals surface area contributed by atoms with Gasteiger partial charge < -0.3 is 15.0 Å². The Kier molecular flexibility index (Phi) is 7.29. The molecule has 3 rings (SSSR count). The third kappa shape index (κ3) is 4.90. The lowest BCUT2D eigenvalue weighted by atomic mass is 10.0. The third-order valence-corrected chi connectivity index (χ3v) is 4.63. The Morgan fingerprint density at radius 3 is 2.67 bits per heavy atom. The first-order valence-electron chi connectivity index (χ1n) is 9.66. The van der Waals surface area contributed by atoms with Crippen LogP contribution in [0.2, 0.25) is 0 Å². The number of hydrogen-bond acceptors (Lipinski definition) is 5.